The van der Waals surface area contributed by atoms with Crippen LogP contribution in [0.25, 0.3) is 11.3 Å². The molecule has 3 aromatic rings. The molecule has 3 rings (SSSR count). The summed E-state index contributed by atoms with van der Waals surface area (Å²) in [5, 5.41) is 14.4. The van der Waals surface area contributed by atoms with E-state index in [1.165, 1.54) is 18.3 Å². The Morgan fingerprint density at radius 1 is 1.13 bits per heavy atom. The molecule has 0 spiro atoms. The summed E-state index contributed by atoms with van der Waals surface area (Å²) in [6.07, 6.45) is -1.38. The van der Waals surface area contributed by atoms with Crippen molar-refractivity contribution in [3.05, 3.63) is 87.6 Å². The number of alkyl halides is 2. The summed E-state index contributed by atoms with van der Waals surface area (Å²) in [7, 11) is 0. The van der Waals surface area contributed by atoms with E-state index in [9.17, 15) is 18.9 Å². The molecule has 0 aliphatic rings. The van der Waals surface area contributed by atoms with Gasteiger partial charge in [0, 0.05) is 23.4 Å². The molecular formula is C24H21F2N3O2. The molecule has 5 nitrogen and oxygen atoms in total. The molecule has 0 amide bonds. The lowest BCUT2D eigenvalue weighted by atomic mass is 9.99. The fraction of sp³-hybridized carbons (Fsp3) is 0.208. The van der Waals surface area contributed by atoms with Crippen LogP contribution in [0.5, 0.6) is 0 Å². The number of nitro groups is 1. The van der Waals surface area contributed by atoms with Gasteiger partial charge in [-0.1, -0.05) is 48.2 Å². The summed E-state index contributed by atoms with van der Waals surface area (Å²) in [6, 6.07) is 15.0. The minimum atomic E-state index is -2.72. The molecule has 0 unspecified atom stereocenters. The van der Waals surface area contributed by atoms with Gasteiger partial charge in [-0.05, 0) is 38.5 Å². The van der Waals surface area contributed by atoms with Crippen molar-refractivity contribution in [2.24, 2.45) is 0 Å². The summed E-state index contributed by atoms with van der Waals surface area (Å²) >= 11 is 0. The third-order valence-corrected chi connectivity index (χ3v) is 4.56. The maximum Gasteiger partial charge on any atom is 0.292 e. The number of pyridine rings is 1. The first-order valence-corrected chi connectivity index (χ1v) is 9.57. The van der Waals surface area contributed by atoms with Crippen LogP contribution in [0.2, 0.25) is 0 Å². The normalized spacial score (nSPS) is 11.0. The zero-order chi connectivity index (χ0) is 22.6. The number of rotatable bonds is 5. The molecule has 7 heteroatoms. The van der Waals surface area contributed by atoms with Gasteiger partial charge < -0.3 is 5.32 Å². The Morgan fingerprint density at radius 2 is 1.84 bits per heavy atom. The van der Waals surface area contributed by atoms with E-state index in [1.54, 1.807) is 50.2 Å². The Balaban J connectivity index is 2.05. The number of benzene rings is 2. The smallest absolute Gasteiger partial charge is 0.292 e. The topological polar surface area (TPSA) is 68.1 Å². The van der Waals surface area contributed by atoms with Crippen molar-refractivity contribution in [2.75, 3.05) is 5.32 Å². The van der Waals surface area contributed by atoms with Gasteiger partial charge in [0.25, 0.3) is 12.1 Å². The second-order valence-electron chi connectivity index (χ2n) is 7.57. The summed E-state index contributed by atoms with van der Waals surface area (Å²) in [5.74, 6) is 5.82. The van der Waals surface area contributed by atoms with E-state index in [4.69, 9.17) is 0 Å². The minimum absolute atomic E-state index is 0.0832. The highest BCUT2D eigenvalue weighted by Gasteiger charge is 2.22. The van der Waals surface area contributed by atoms with Gasteiger partial charge in [0.1, 0.15) is 5.69 Å². The van der Waals surface area contributed by atoms with Gasteiger partial charge in [-0.3, -0.25) is 15.1 Å². The molecule has 1 N–H and O–H groups in total. The molecule has 0 aliphatic heterocycles. The second-order valence-corrected chi connectivity index (χ2v) is 7.57. The van der Waals surface area contributed by atoms with Crippen LogP contribution >= 0.6 is 0 Å². The van der Waals surface area contributed by atoms with Gasteiger partial charge in [0.15, 0.2) is 0 Å². The lowest BCUT2D eigenvalue weighted by molar-refractivity contribution is -0.384. The predicted octanol–water partition coefficient (Wildman–Crippen LogP) is 6.15. The molecule has 0 aliphatic carbocycles. The fourth-order valence-corrected chi connectivity index (χ4v) is 3.10. The lowest BCUT2D eigenvalue weighted by Crippen LogP contribution is -2.29. The number of anilines is 1. The van der Waals surface area contributed by atoms with Crippen LogP contribution in [0.4, 0.5) is 20.2 Å². The Kier molecular flexibility index (Phi) is 6.30. The highest BCUT2D eigenvalue weighted by atomic mass is 19.3. The zero-order valence-corrected chi connectivity index (χ0v) is 17.3. The van der Waals surface area contributed by atoms with Crippen molar-refractivity contribution < 1.29 is 13.7 Å². The van der Waals surface area contributed by atoms with Gasteiger partial charge in [-0.25, -0.2) is 8.78 Å². The van der Waals surface area contributed by atoms with E-state index < -0.39 is 16.9 Å². The Bertz CT molecular complexity index is 1170. The highest BCUT2D eigenvalue weighted by Crippen LogP contribution is 2.31. The van der Waals surface area contributed by atoms with Crippen molar-refractivity contribution in [2.45, 2.75) is 32.7 Å². The van der Waals surface area contributed by atoms with Gasteiger partial charge in [-0.2, -0.15) is 0 Å². The molecule has 2 aromatic carbocycles. The Hall–Kier alpha value is -3.79. The van der Waals surface area contributed by atoms with E-state index >= 15 is 0 Å². The largest absolute Gasteiger partial charge is 0.364 e. The van der Waals surface area contributed by atoms with E-state index in [0.29, 0.717) is 16.9 Å². The van der Waals surface area contributed by atoms with Crippen LogP contribution in [-0.4, -0.2) is 15.4 Å². The molecule has 0 saturated carbocycles. The first-order valence-electron chi connectivity index (χ1n) is 9.57. The average molecular weight is 421 g/mol. The molecule has 158 valence electrons. The van der Waals surface area contributed by atoms with E-state index in [-0.39, 0.29) is 16.8 Å². The third-order valence-electron chi connectivity index (χ3n) is 4.56. The summed E-state index contributed by atoms with van der Waals surface area (Å²) < 4.78 is 27.4. The van der Waals surface area contributed by atoms with Crippen LogP contribution in [-0.2, 0) is 0 Å². The standard InChI is InChI=1S/C24H21F2N3O2/c1-16-9-10-21(29(30)31)20(15-16)28-24(2,3)13-11-18-19(23(25)26)12-14-27-22(18)17-7-5-4-6-8-17/h4-10,12,14-15,23,28H,1-3H3. The number of hydrogen-bond donors (Lipinski definition) is 1. The number of nitrogens with one attached hydrogen (secondary N) is 1. The molecule has 1 heterocycles. The molecular weight excluding hydrogens is 400 g/mol. The van der Waals surface area contributed by atoms with Gasteiger partial charge >= 0.3 is 0 Å². The Morgan fingerprint density at radius 3 is 2.48 bits per heavy atom. The second kappa shape index (κ2) is 8.92. The fourth-order valence-electron chi connectivity index (χ4n) is 3.10. The van der Waals surface area contributed by atoms with Crippen molar-refractivity contribution in [3.8, 4) is 23.1 Å². The van der Waals surface area contributed by atoms with Crippen molar-refractivity contribution >= 4 is 11.4 Å². The molecule has 0 fully saturated rings. The maximum absolute atomic E-state index is 13.7. The molecule has 1 aromatic heterocycles. The van der Waals surface area contributed by atoms with Crippen LogP contribution in [0.3, 0.4) is 0 Å². The van der Waals surface area contributed by atoms with Gasteiger partial charge in [-0.15, -0.1) is 0 Å². The number of aryl methyl sites for hydroxylation is 1. The zero-order valence-electron chi connectivity index (χ0n) is 17.3. The Labute approximate surface area is 179 Å². The van der Waals surface area contributed by atoms with Crippen LogP contribution in [0.15, 0.2) is 60.8 Å². The maximum atomic E-state index is 13.7. The van der Waals surface area contributed by atoms with E-state index in [0.717, 1.165) is 5.56 Å². The lowest BCUT2D eigenvalue weighted by Gasteiger charge is -2.21. The summed E-state index contributed by atoms with van der Waals surface area (Å²) in [5.41, 5.74) is 1.10. The van der Waals surface area contributed by atoms with Crippen LogP contribution in [0.1, 0.15) is 37.0 Å². The molecule has 0 bridgehead atoms. The molecule has 0 radical (unpaired) electrons. The number of aromatic nitrogens is 1. The van der Waals surface area contributed by atoms with Crippen LogP contribution in [0, 0.1) is 28.9 Å². The molecule has 0 saturated heterocycles. The number of halogens is 2. The highest BCUT2D eigenvalue weighted by molar-refractivity contribution is 5.70. The first-order chi connectivity index (χ1) is 14.7. The number of nitro benzene ring substituents is 1. The quantitative estimate of drug-likeness (QED) is 0.305. The molecule has 0 atom stereocenters. The van der Waals surface area contributed by atoms with Crippen LogP contribution < -0.4 is 5.32 Å². The first kappa shape index (κ1) is 21.9. The van der Waals surface area contributed by atoms with Gasteiger partial charge in [0.05, 0.1) is 21.7 Å². The molecule has 31 heavy (non-hydrogen) atoms. The van der Waals surface area contributed by atoms with E-state index in [1.807, 2.05) is 13.0 Å². The van der Waals surface area contributed by atoms with Crippen molar-refractivity contribution in [3.63, 3.8) is 0 Å². The minimum Gasteiger partial charge on any atom is -0.364 e. The average Bonchev–Trinajstić information content (AvgIpc) is 2.72. The monoisotopic (exact) mass is 421 g/mol. The third kappa shape index (κ3) is 5.23. The number of hydrogen-bond acceptors (Lipinski definition) is 4. The SMILES string of the molecule is Cc1ccc([N+](=O)[O-])c(NC(C)(C)C#Cc2c(C(F)F)ccnc2-c2ccccc2)c1. The van der Waals surface area contributed by atoms with Crippen molar-refractivity contribution in [1.82, 2.24) is 4.98 Å². The predicted molar refractivity (Wildman–Crippen MR) is 117 cm³/mol. The van der Waals surface area contributed by atoms with Gasteiger partial charge in [0.2, 0.25) is 0 Å². The number of nitrogens with zero attached hydrogens (tertiary/aromatic N) is 2. The van der Waals surface area contributed by atoms with E-state index in [2.05, 4.69) is 22.1 Å². The summed E-state index contributed by atoms with van der Waals surface area (Å²) in [6.45, 7) is 5.28. The summed E-state index contributed by atoms with van der Waals surface area (Å²) in [4.78, 5) is 15.2. The van der Waals surface area contributed by atoms with Crippen molar-refractivity contribution in [1.29, 1.82) is 0 Å².